The minimum absolute atomic E-state index is 0.283. The van der Waals surface area contributed by atoms with Crippen LogP contribution in [0.15, 0.2) is 32.5 Å². The number of thiophene rings is 1. The van der Waals surface area contributed by atoms with Crippen molar-refractivity contribution in [3.8, 4) is 0 Å². The fourth-order valence-electron chi connectivity index (χ4n) is 1.59. The van der Waals surface area contributed by atoms with E-state index in [-0.39, 0.29) is 5.82 Å². The highest BCUT2D eigenvalue weighted by atomic mass is 79.9. The second-order valence-corrected chi connectivity index (χ2v) is 6.97. The standard InChI is InChI=1S/C12H10Br2FNS/c1-6-5-9(17-12(6)14)11(16)10-7(13)3-2-4-8(10)15/h2-5,11H,16H2,1H3. The van der Waals surface area contributed by atoms with Gasteiger partial charge in [0.2, 0.25) is 0 Å². The van der Waals surface area contributed by atoms with E-state index in [0.717, 1.165) is 14.2 Å². The minimum Gasteiger partial charge on any atom is -0.319 e. The van der Waals surface area contributed by atoms with E-state index in [0.29, 0.717) is 10.0 Å². The van der Waals surface area contributed by atoms with Gasteiger partial charge in [0.15, 0.2) is 0 Å². The van der Waals surface area contributed by atoms with Crippen LogP contribution in [0, 0.1) is 12.7 Å². The second-order valence-electron chi connectivity index (χ2n) is 3.72. The molecule has 0 radical (unpaired) electrons. The van der Waals surface area contributed by atoms with Crippen LogP contribution >= 0.6 is 43.2 Å². The number of hydrogen-bond acceptors (Lipinski definition) is 2. The van der Waals surface area contributed by atoms with Gasteiger partial charge in [-0.05, 0) is 46.6 Å². The quantitative estimate of drug-likeness (QED) is 0.800. The first-order valence-electron chi connectivity index (χ1n) is 4.96. The molecule has 0 aliphatic carbocycles. The molecule has 1 unspecified atom stereocenters. The smallest absolute Gasteiger partial charge is 0.129 e. The van der Waals surface area contributed by atoms with Crippen LogP contribution in [-0.2, 0) is 0 Å². The van der Waals surface area contributed by atoms with Crippen molar-refractivity contribution in [1.82, 2.24) is 0 Å². The summed E-state index contributed by atoms with van der Waals surface area (Å²) < 4.78 is 15.5. The summed E-state index contributed by atoms with van der Waals surface area (Å²) in [5.41, 5.74) is 7.74. The predicted molar refractivity (Wildman–Crippen MR) is 76.9 cm³/mol. The van der Waals surface area contributed by atoms with Gasteiger partial charge in [0.05, 0.1) is 9.83 Å². The van der Waals surface area contributed by atoms with E-state index in [1.54, 1.807) is 12.1 Å². The zero-order valence-electron chi connectivity index (χ0n) is 9.01. The van der Waals surface area contributed by atoms with Crippen molar-refractivity contribution in [3.05, 3.63) is 54.3 Å². The van der Waals surface area contributed by atoms with Crippen molar-refractivity contribution in [1.29, 1.82) is 0 Å². The monoisotopic (exact) mass is 377 g/mol. The van der Waals surface area contributed by atoms with Crippen molar-refractivity contribution in [2.24, 2.45) is 5.73 Å². The number of benzene rings is 1. The van der Waals surface area contributed by atoms with E-state index in [1.165, 1.54) is 17.4 Å². The van der Waals surface area contributed by atoms with Gasteiger partial charge in [-0.25, -0.2) is 4.39 Å². The second kappa shape index (κ2) is 5.18. The molecule has 5 heteroatoms. The van der Waals surface area contributed by atoms with E-state index < -0.39 is 6.04 Å². The molecule has 2 rings (SSSR count). The van der Waals surface area contributed by atoms with E-state index in [4.69, 9.17) is 5.73 Å². The minimum atomic E-state index is -0.444. The summed E-state index contributed by atoms with van der Waals surface area (Å²) in [5.74, 6) is -0.283. The van der Waals surface area contributed by atoms with Gasteiger partial charge in [-0.1, -0.05) is 22.0 Å². The lowest BCUT2D eigenvalue weighted by molar-refractivity contribution is 0.599. The van der Waals surface area contributed by atoms with Crippen LogP contribution in [0.25, 0.3) is 0 Å². The Bertz CT molecular complexity index is 514. The van der Waals surface area contributed by atoms with Gasteiger partial charge < -0.3 is 5.73 Å². The molecule has 1 nitrogen and oxygen atoms in total. The molecule has 1 heterocycles. The summed E-state index contributed by atoms with van der Waals surface area (Å²) in [5, 5.41) is 0. The molecule has 0 fully saturated rings. The molecular weight excluding hydrogens is 369 g/mol. The molecule has 17 heavy (non-hydrogen) atoms. The van der Waals surface area contributed by atoms with Crippen LogP contribution in [0.5, 0.6) is 0 Å². The first-order valence-corrected chi connectivity index (χ1v) is 7.36. The Hall–Kier alpha value is -0.230. The van der Waals surface area contributed by atoms with Crippen LogP contribution in [0.1, 0.15) is 22.0 Å². The number of aryl methyl sites for hydroxylation is 1. The van der Waals surface area contributed by atoms with Gasteiger partial charge in [0.25, 0.3) is 0 Å². The maximum absolute atomic E-state index is 13.8. The fourth-order valence-corrected chi connectivity index (χ4v) is 3.76. The average Bonchev–Trinajstić information content (AvgIpc) is 2.59. The van der Waals surface area contributed by atoms with Crippen LogP contribution in [0.3, 0.4) is 0 Å². The largest absolute Gasteiger partial charge is 0.319 e. The molecule has 90 valence electrons. The van der Waals surface area contributed by atoms with Gasteiger partial charge in [-0.3, -0.25) is 0 Å². The number of hydrogen-bond donors (Lipinski definition) is 1. The molecular formula is C12H10Br2FNS. The molecule has 2 aromatic rings. The van der Waals surface area contributed by atoms with Crippen molar-refractivity contribution < 1.29 is 4.39 Å². The van der Waals surface area contributed by atoms with Gasteiger partial charge in [-0.2, -0.15) is 0 Å². The predicted octanol–water partition coefficient (Wildman–Crippen LogP) is 4.77. The zero-order valence-corrected chi connectivity index (χ0v) is 13.0. The summed E-state index contributed by atoms with van der Waals surface area (Å²) in [4.78, 5) is 0.945. The van der Waals surface area contributed by atoms with Crippen molar-refractivity contribution in [2.45, 2.75) is 13.0 Å². The third kappa shape index (κ3) is 2.62. The molecule has 0 aliphatic heterocycles. The van der Waals surface area contributed by atoms with Crippen molar-refractivity contribution in [2.75, 3.05) is 0 Å². The van der Waals surface area contributed by atoms with Crippen molar-refractivity contribution in [3.63, 3.8) is 0 Å². The maximum atomic E-state index is 13.8. The molecule has 2 N–H and O–H groups in total. The molecule has 1 aromatic heterocycles. The van der Waals surface area contributed by atoms with E-state index in [2.05, 4.69) is 31.9 Å². The van der Waals surface area contributed by atoms with Crippen LogP contribution in [-0.4, -0.2) is 0 Å². The normalized spacial score (nSPS) is 12.8. The number of halogens is 3. The lowest BCUT2D eigenvalue weighted by Crippen LogP contribution is -2.12. The highest BCUT2D eigenvalue weighted by Crippen LogP contribution is 2.36. The Morgan fingerprint density at radius 3 is 2.59 bits per heavy atom. The topological polar surface area (TPSA) is 26.0 Å². The van der Waals surface area contributed by atoms with E-state index >= 15 is 0 Å². The summed E-state index contributed by atoms with van der Waals surface area (Å²) >= 11 is 8.33. The van der Waals surface area contributed by atoms with Gasteiger partial charge >= 0.3 is 0 Å². The van der Waals surface area contributed by atoms with Crippen LogP contribution in [0.4, 0.5) is 4.39 Å². The molecule has 0 spiro atoms. The van der Waals surface area contributed by atoms with Gasteiger partial charge in [-0.15, -0.1) is 11.3 Å². The zero-order chi connectivity index (χ0) is 12.6. The maximum Gasteiger partial charge on any atom is 0.129 e. The Morgan fingerprint density at radius 1 is 1.35 bits per heavy atom. The molecule has 0 amide bonds. The Labute approximate surface area is 120 Å². The summed E-state index contributed by atoms with van der Waals surface area (Å²) in [6.07, 6.45) is 0. The molecule has 0 saturated carbocycles. The van der Waals surface area contributed by atoms with E-state index in [1.807, 2.05) is 13.0 Å². The molecule has 0 bridgehead atoms. The third-order valence-corrected chi connectivity index (χ3v) is 5.40. The molecule has 0 saturated heterocycles. The van der Waals surface area contributed by atoms with Crippen LogP contribution in [0.2, 0.25) is 0 Å². The Balaban J connectivity index is 2.47. The third-order valence-electron chi connectivity index (χ3n) is 2.49. The number of nitrogens with two attached hydrogens (primary N) is 1. The summed E-state index contributed by atoms with van der Waals surface area (Å²) in [7, 11) is 0. The highest BCUT2D eigenvalue weighted by molar-refractivity contribution is 9.11. The fraction of sp³-hybridized carbons (Fsp3) is 0.167. The van der Waals surface area contributed by atoms with Crippen LogP contribution < -0.4 is 5.73 Å². The summed E-state index contributed by atoms with van der Waals surface area (Å²) in [6.45, 7) is 1.99. The SMILES string of the molecule is Cc1cc(C(N)c2c(F)cccc2Br)sc1Br. The number of rotatable bonds is 2. The van der Waals surface area contributed by atoms with Crippen molar-refractivity contribution >= 4 is 43.2 Å². The highest BCUT2D eigenvalue weighted by Gasteiger charge is 2.19. The average molecular weight is 379 g/mol. The first kappa shape index (κ1) is 13.2. The lowest BCUT2D eigenvalue weighted by atomic mass is 10.1. The first-order chi connectivity index (χ1) is 8.00. The Morgan fingerprint density at radius 2 is 2.06 bits per heavy atom. The molecule has 1 atom stereocenters. The summed E-state index contributed by atoms with van der Waals surface area (Å²) in [6, 6.07) is 6.42. The molecule has 0 aliphatic rings. The Kier molecular flexibility index (Phi) is 4.02. The lowest BCUT2D eigenvalue weighted by Gasteiger charge is -2.13. The van der Waals surface area contributed by atoms with E-state index in [9.17, 15) is 4.39 Å². The van der Waals surface area contributed by atoms with Gasteiger partial charge in [0.1, 0.15) is 5.82 Å². The van der Waals surface area contributed by atoms with Gasteiger partial charge in [0, 0.05) is 14.9 Å². The molecule has 1 aromatic carbocycles.